The van der Waals surface area contributed by atoms with E-state index in [0.29, 0.717) is 36.5 Å². The highest BCUT2D eigenvalue weighted by molar-refractivity contribution is 9.09. The Kier molecular flexibility index (Phi) is 7.90. The maximum atomic E-state index is 14.2. The van der Waals surface area contributed by atoms with Gasteiger partial charge >= 0.3 is 5.97 Å². The van der Waals surface area contributed by atoms with Crippen molar-refractivity contribution in [1.82, 2.24) is 4.90 Å². The largest absolute Gasteiger partial charge is 0.481 e. The van der Waals surface area contributed by atoms with Gasteiger partial charge in [-0.3, -0.25) is 14.4 Å². The lowest BCUT2D eigenvalue weighted by Gasteiger charge is -2.37. The molecule has 8 nitrogen and oxygen atoms in total. The molecule has 3 aliphatic heterocycles. The van der Waals surface area contributed by atoms with E-state index in [1.165, 1.54) is 4.90 Å². The normalized spacial score (nSPS) is 31.0. The molecule has 6 atom stereocenters. The first-order valence-corrected chi connectivity index (χ1v) is 13.2. The molecule has 3 aliphatic rings. The molecule has 3 saturated heterocycles. The second-order valence-electron chi connectivity index (χ2n) is 9.39. The topological polar surface area (TPSA) is 107 Å². The Morgan fingerprint density at radius 3 is 2.57 bits per heavy atom. The zero-order valence-electron chi connectivity index (χ0n) is 19.3. The first kappa shape index (κ1) is 26.1. The van der Waals surface area contributed by atoms with Crippen LogP contribution in [0.2, 0.25) is 5.02 Å². The van der Waals surface area contributed by atoms with Gasteiger partial charge in [0.25, 0.3) is 5.91 Å². The van der Waals surface area contributed by atoms with Gasteiger partial charge in [0.1, 0.15) is 11.6 Å². The maximum Gasteiger partial charge on any atom is 0.310 e. The average Bonchev–Trinajstić information content (AvgIpc) is 3.41. The SMILES string of the molecule is C=CCN(C(=O)C1N(CCCCCCO)C(=O)[C@@H]2[C@@H](C(=O)O)[C@@H]3OC12CC3Br)c1ccc(Cl)cc1. The lowest BCUT2D eigenvalue weighted by atomic mass is 9.70. The van der Waals surface area contributed by atoms with E-state index < -0.39 is 35.6 Å². The number of carbonyl (C=O) groups excluding carboxylic acids is 2. The standard InChI is InChI=1S/C25H30BrClN2O6/c1-2-11-28(16-9-7-15(27)8-10-16)23(32)21-25-14-17(26)20(35-25)18(24(33)34)19(25)22(31)29(21)12-5-3-4-6-13-30/h2,7-10,17-21,30H,1,3-6,11-14H2,(H,33,34)/t17?,18-,19+,20-,21?,25?/m1/s1. The molecule has 3 fully saturated rings. The smallest absolute Gasteiger partial charge is 0.310 e. The summed E-state index contributed by atoms with van der Waals surface area (Å²) >= 11 is 9.60. The van der Waals surface area contributed by atoms with Gasteiger partial charge in [0, 0.05) is 35.2 Å². The van der Waals surface area contributed by atoms with Crippen LogP contribution in [0, 0.1) is 11.8 Å². The number of anilines is 1. The minimum atomic E-state index is -1.22. The van der Waals surface area contributed by atoms with Gasteiger partial charge in [-0.25, -0.2) is 0 Å². The van der Waals surface area contributed by atoms with Crippen molar-refractivity contribution in [2.24, 2.45) is 11.8 Å². The minimum absolute atomic E-state index is 0.106. The molecule has 0 radical (unpaired) electrons. The van der Waals surface area contributed by atoms with Crippen LogP contribution < -0.4 is 4.90 Å². The van der Waals surface area contributed by atoms with E-state index in [9.17, 15) is 19.5 Å². The third-order valence-corrected chi connectivity index (χ3v) is 8.43. The number of carboxylic acids is 1. The number of alkyl halides is 1. The summed E-state index contributed by atoms with van der Waals surface area (Å²) in [7, 11) is 0. The van der Waals surface area contributed by atoms with Crippen LogP contribution in [0.25, 0.3) is 0 Å². The molecule has 3 heterocycles. The van der Waals surface area contributed by atoms with Gasteiger partial charge in [-0.05, 0) is 43.5 Å². The number of fused-ring (bicyclic) bond motifs is 1. The van der Waals surface area contributed by atoms with Crippen LogP contribution >= 0.6 is 27.5 Å². The van der Waals surface area contributed by atoms with Crippen LogP contribution in [0.3, 0.4) is 0 Å². The van der Waals surface area contributed by atoms with Gasteiger partial charge in [0.05, 0.1) is 17.9 Å². The fourth-order valence-corrected chi connectivity index (χ4v) is 6.97. The molecule has 190 valence electrons. The van der Waals surface area contributed by atoms with Gasteiger partial charge in [-0.15, -0.1) is 6.58 Å². The summed E-state index contributed by atoms with van der Waals surface area (Å²) in [5.74, 6) is -3.69. The van der Waals surface area contributed by atoms with E-state index in [4.69, 9.17) is 21.4 Å². The Bertz CT molecular complexity index is 991. The molecular formula is C25H30BrClN2O6. The van der Waals surface area contributed by atoms with Crippen molar-refractivity contribution in [2.45, 2.75) is 54.7 Å². The lowest BCUT2D eigenvalue weighted by Crippen LogP contribution is -2.57. The van der Waals surface area contributed by atoms with Crippen molar-refractivity contribution in [3.63, 3.8) is 0 Å². The minimum Gasteiger partial charge on any atom is -0.481 e. The molecule has 4 rings (SSSR count). The monoisotopic (exact) mass is 568 g/mol. The van der Waals surface area contributed by atoms with Gasteiger partial charge in [0.2, 0.25) is 5.91 Å². The molecule has 35 heavy (non-hydrogen) atoms. The number of hydrogen-bond donors (Lipinski definition) is 2. The van der Waals surface area contributed by atoms with E-state index in [0.717, 1.165) is 12.8 Å². The number of aliphatic carboxylic acids is 1. The Morgan fingerprint density at radius 2 is 1.94 bits per heavy atom. The second kappa shape index (κ2) is 10.6. The van der Waals surface area contributed by atoms with Crippen molar-refractivity contribution in [3.8, 4) is 0 Å². The van der Waals surface area contributed by atoms with Gasteiger partial charge < -0.3 is 24.7 Å². The Morgan fingerprint density at radius 1 is 1.26 bits per heavy atom. The number of aliphatic hydroxyl groups is 1. The van der Waals surface area contributed by atoms with Crippen molar-refractivity contribution in [2.75, 3.05) is 24.6 Å². The van der Waals surface area contributed by atoms with Crippen LogP contribution in [0.1, 0.15) is 32.1 Å². The van der Waals surface area contributed by atoms with E-state index in [-0.39, 0.29) is 29.8 Å². The molecule has 3 unspecified atom stereocenters. The van der Waals surface area contributed by atoms with Crippen LogP contribution in [0.5, 0.6) is 0 Å². The van der Waals surface area contributed by atoms with E-state index in [1.54, 1.807) is 35.2 Å². The molecule has 0 aromatic heterocycles. The number of aliphatic hydroxyl groups excluding tert-OH is 1. The molecular weight excluding hydrogens is 540 g/mol. The summed E-state index contributed by atoms with van der Waals surface area (Å²) in [5, 5.41) is 19.6. The van der Waals surface area contributed by atoms with Crippen molar-refractivity contribution < 1.29 is 29.3 Å². The van der Waals surface area contributed by atoms with Crippen LogP contribution in [0.4, 0.5) is 5.69 Å². The first-order valence-electron chi connectivity index (χ1n) is 11.9. The zero-order chi connectivity index (χ0) is 25.3. The summed E-state index contributed by atoms with van der Waals surface area (Å²) < 4.78 is 6.31. The number of benzene rings is 1. The highest BCUT2D eigenvalue weighted by atomic mass is 79.9. The van der Waals surface area contributed by atoms with Crippen molar-refractivity contribution >= 4 is 51.0 Å². The average molecular weight is 570 g/mol. The number of hydrogen-bond acceptors (Lipinski definition) is 5. The molecule has 0 aliphatic carbocycles. The molecule has 2 bridgehead atoms. The maximum absolute atomic E-state index is 14.2. The van der Waals surface area contributed by atoms with Crippen molar-refractivity contribution in [3.05, 3.63) is 41.9 Å². The number of unbranched alkanes of at least 4 members (excludes halogenated alkanes) is 3. The fourth-order valence-electron chi connectivity index (χ4n) is 5.90. The summed E-state index contributed by atoms with van der Waals surface area (Å²) in [6.45, 7) is 4.42. The molecule has 1 aromatic rings. The number of halogens is 2. The Hall–Kier alpha value is -1.94. The van der Waals surface area contributed by atoms with Crippen LogP contribution in [-0.2, 0) is 19.1 Å². The summed E-state index contributed by atoms with van der Waals surface area (Å²) in [5.41, 5.74) is -0.611. The quantitative estimate of drug-likeness (QED) is 0.241. The number of carbonyl (C=O) groups is 3. The Labute approximate surface area is 218 Å². The van der Waals surface area contributed by atoms with Crippen molar-refractivity contribution in [1.29, 1.82) is 0 Å². The highest BCUT2D eigenvalue weighted by Crippen LogP contribution is 2.60. The number of likely N-dealkylation sites (tertiary alicyclic amines) is 1. The van der Waals surface area contributed by atoms with Gasteiger partial charge in [-0.2, -0.15) is 0 Å². The summed E-state index contributed by atoms with van der Waals surface area (Å²) in [4.78, 5) is 42.9. The summed E-state index contributed by atoms with van der Waals surface area (Å²) in [6, 6.07) is 5.88. The van der Waals surface area contributed by atoms with Gasteiger partial charge in [0.15, 0.2) is 0 Å². The number of carboxylic acid groups (broad SMARTS) is 1. The predicted molar refractivity (Wildman–Crippen MR) is 135 cm³/mol. The Balaban J connectivity index is 1.71. The highest BCUT2D eigenvalue weighted by Gasteiger charge is 2.76. The summed E-state index contributed by atoms with van der Waals surface area (Å²) in [6.07, 6.45) is 4.20. The van der Waals surface area contributed by atoms with E-state index >= 15 is 0 Å². The molecule has 10 heteroatoms. The molecule has 0 saturated carbocycles. The lowest BCUT2D eigenvalue weighted by molar-refractivity contribution is -0.149. The number of nitrogens with zero attached hydrogens (tertiary/aromatic N) is 2. The number of amides is 2. The zero-order valence-corrected chi connectivity index (χ0v) is 21.7. The van der Waals surface area contributed by atoms with E-state index in [1.807, 2.05) is 0 Å². The van der Waals surface area contributed by atoms with Crippen LogP contribution in [0.15, 0.2) is 36.9 Å². The predicted octanol–water partition coefficient (Wildman–Crippen LogP) is 3.24. The van der Waals surface area contributed by atoms with Gasteiger partial charge in [-0.1, -0.05) is 46.4 Å². The number of ether oxygens (including phenoxy) is 1. The second-order valence-corrected chi connectivity index (χ2v) is 11.0. The van der Waals surface area contributed by atoms with Crippen LogP contribution in [-0.4, -0.2) is 75.2 Å². The number of rotatable bonds is 11. The van der Waals surface area contributed by atoms with E-state index in [2.05, 4.69) is 22.5 Å². The first-order chi connectivity index (χ1) is 16.8. The molecule has 2 N–H and O–H groups in total. The molecule has 2 amide bonds. The third kappa shape index (κ3) is 4.52. The molecule has 1 aromatic carbocycles. The third-order valence-electron chi connectivity index (χ3n) is 7.33. The molecule has 1 spiro atoms. The fraction of sp³-hybridized carbons (Fsp3) is 0.560.